The fourth-order valence-corrected chi connectivity index (χ4v) is 6.34. The van der Waals surface area contributed by atoms with E-state index in [1.165, 1.54) is 15.4 Å². The standard InChI is InChI=1S/C35H24S2/c1-4-14-28(15-5-1)24-26-30-18-10-12-22-33(30)36-35(32-20-8-3-9-21-32)37-34-23-13-11-19-31(34)27-25-29-16-6-2-7-17-29/h1-23,35H. The van der Waals surface area contributed by atoms with Gasteiger partial charge in [0.05, 0.1) is 4.58 Å². The van der Waals surface area contributed by atoms with Crippen LogP contribution in [0.5, 0.6) is 0 Å². The second kappa shape index (κ2) is 12.8. The molecule has 0 fully saturated rings. The van der Waals surface area contributed by atoms with E-state index >= 15 is 0 Å². The highest BCUT2D eigenvalue weighted by Crippen LogP contribution is 2.48. The van der Waals surface area contributed by atoms with Gasteiger partial charge in [-0.05, 0) is 54.1 Å². The molecule has 0 saturated heterocycles. The summed E-state index contributed by atoms with van der Waals surface area (Å²) in [5.41, 5.74) is 5.36. The van der Waals surface area contributed by atoms with E-state index in [0.29, 0.717) is 0 Å². The van der Waals surface area contributed by atoms with E-state index in [1.54, 1.807) is 0 Å². The van der Waals surface area contributed by atoms with Crippen LogP contribution in [0.25, 0.3) is 0 Å². The molecule has 0 unspecified atom stereocenters. The van der Waals surface area contributed by atoms with Gasteiger partial charge in [-0.2, -0.15) is 0 Å². The Morgan fingerprint density at radius 2 is 0.757 bits per heavy atom. The predicted octanol–water partition coefficient (Wildman–Crippen LogP) is 9.07. The highest BCUT2D eigenvalue weighted by molar-refractivity contribution is 8.16. The summed E-state index contributed by atoms with van der Waals surface area (Å²) in [5, 5.41) is 0. The molecule has 0 nitrogen and oxygen atoms in total. The monoisotopic (exact) mass is 508 g/mol. The van der Waals surface area contributed by atoms with E-state index in [-0.39, 0.29) is 4.58 Å². The molecule has 37 heavy (non-hydrogen) atoms. The van der Waals surface area contributed by atoms with E-state index in [9.17, 15) is 0 Å². The van der Waals surface area contributed by atoms with E-state index < -0.39 is 0 Å². The van der Waals surface area contributed by atoms with Crippen molar-refractivity contribution in [3.05, 3.63) is 167 Å². The normalized spacial score (nSPS) is 10.2. The van der Waals surface area contributed by atoms with Crippen LogP contribution in [0.1, 0.15) is 32.4 Å². The third kappa shape index (κ3) is 6.99. The van der Waals surface area contributed by atoms with Crippen molar-refractivity contribution in [1.29, 1.82) is 0 Å². The van der Waals surface area contributed by atoms with Gasteiger partial charge in [0.2, 0.25) is 0 Å². The first kappa shape index (κ1) is 24.6. The average molecular weight is 509 g/mol. The zero-order valence-corrected chi connectivity index (χ0v) is 21.8. The fourth-order valence-electron chi connectivity index (χ4n) is 3.67. The number of benzene rings is 5. The topological polar surface area (TPSA) is 0 Å². The lowest BCUT2D eigenvalue weighted by Gasteiger charge is -2.18. The lowest BCUT2D eigenvalue weighted by molar-refractivity contribution is 1.32. The van der Waals surface area contributed by atoms with Crippen LogP contribution in [0.4, 0.5) is 0 Å². The van der Waals surface area contributed by atoms with Crippen molar-refractivity contribution in [2.75, 3.05) is 0 Å². The molecular formula is C35H24S2. The van der Waals surface area contributed by atoms with Gasteiger partial charge in [0.25, 0.3) is 0 Å². The molecule has 0 aliphatic heterocycles. The molecule has 5 rings (SSSR count). The zero-order chi connectivity index (χ0) is 25.1. The Balaban J connectivity index is 1.46. The van der Waals surface area contributed by atoms with Crippen LogP contribution in [-0.2, 0) is 0 Å². The highest BCUT2D eigenvalue weighted by Gasteiger charge is 2.18. The lowest BCUT2D eigenvalue weighted by Crippen LogP contribution is -1.93. The molecule has 0 N–H and O–H groups in total. The summed E-state index contributed by atoms with van der Waals surface area (Å²) in [6, 6.07) is 47.7. The maximum Gasteiger partial charge on any atom is 0.0846 e. The van der Waals surface area contributed by atoms with Gasteiger partial charge in [0.1, 0.15) is 0 Å². The van der Waals surface area contributed by atoms with Gasteiger partial charge in [0, 0.05) is 32.0 Å². The van der Waals surface area contributed by atoms with Crippen molar-refractivity contribution in [2.45, 2.75) is 14.4 Å². The summed E-state index contributed by atoms with van der Waals surface area (Å²) < 4.78 is 0.139. The maximum absolute atomic E-state index is 3.40. The first-order valence-corrected chi connectivity index (χ1v) is 13.8. The third-order valence-electron chi connectivity index (χ3n) is 5.54. The Kier molecular flexibility index (Phi) is 8.48. The minimum atomic E-state index is 0.139. The van der Waals surface area contributed by atoms with Crippen molar-refractivity contribution in [3.63, 3.8) is 0 Å². The Bertz CT molecular complexity index is 1470. The summed E-state index contributed by atoms with van der Waals surface area (Å²) in [4.78, 5) is 2.33. The van der Waals surface area contributed by atoms with Crippen molar-refractivity contribution in [3.8, 4) is 23.7 Å². The van der Waals surface area contributed by atoms with E-state index in [1.807, 2.05) is 84.2 Å². The summed E-state index contributed by atoms with van der Waals surface area (Å²) in [5.74, 6) is 13.4. The second-order valence-electron chi connectivity index (χ2n) is 8.20. The molecule has 0 atom stereocenters. The molecule has 0 radical (unpaired) electrons. The molecule has 5 aromatic rings. The Labute approximate surface area is 228 Å². The first-order chi connectivity index (χ1) is 18.3. The third-order valence-corrected chi connectivity index (χ3v) is 8.31. The molecule has 2 heteroatoms. The highest BCUT2D eigenvalue weighted by atomic mass is 32.2. The first-order valence-electron chi connectivity index (χ1n) is 12.1. The van der Waals surface area contributed by atoms with Crippen LogP contribution >= 0.6 is 23.5 Å². The molecule has 0 aliphatic carbocycles. The number of hydrogen-bond acceptors (Lipinski definition) is 2. The Hall–Kier alpha value is -4.08. The molecular weight excluding hydrogens is 485 g/mol. The van der Waals surface area contributed by atoms with Gasteiger partial charge in [-0.15, -0.1) is 23.5 Å². The van der Waals surface area contributed by atoms with Gasteiger partial charge in [-0.1, -0.05) is 115 Å². The van der Waals surface area contributed by atoms with Crippen molar-refractivity contribution in [2.24, 2.45) is 0 Å². The quantitative estimate of drug-likeness (QED) is 0.132. The summed E-state index contributed by atoms with van der Waals surface area (Å²) in [6.45, 7) is 0. The minimum Gasteiger partial charge on any atom is -0.105 e. The summed E-state index contributed by atoms with van der Waals surface area (Å²) in [7, 11) is 0. The van der Waals surface area contributed by atoms with Crippen molar-refractivity contribution in [1.82, 2.24) is 0 Å². The summed E-state index contributed by atoms with van der Waals surface area (Å²) >= 11 is 3.67. The predicted molar refractivity (Wildman–Crippen MR) is 159 cm³/mol. The van der Waals surface area contributed by atoms with Gasteiger partial charge in [-0.3, -0.25) is 0 Å². The van der Waals surface area contributed by atoms with Crippen molar-refractivity contribution >= 4 is 23.5 Å². The average Bonchev–Trinajstić information content (AvgIpc) is 2.97. The van der Waals surface area contributed by atoms with Gasteiger partial charge in [-0.25, -0.2) is 0 Å². The van der Waals surface area contributed by atoms with Crippen LogP contribution in [0.15, 0.2) is 149 Å². The van der Waals surface area contributed by atoms with E-state index in [2.05, 4.69) is 103 Å². The molecule has 0 bridgehead atoms. The smallest absolute Gasteiger partial charge is 0.0846 e. The summed E-state index contributed by atoms with van der Waals surface area (Å²) in [6.07, 6.45) is 0. The molecule has 0 amide bonds. The molecule has 0 aliphatic rings. The minimum absolute atomic E-state index is 0.139. The second-order valence-corrected chi connectivity index (χ2v) is 10.8. The molecule has 0 aromatic heterocycles. The Morgan fingerprint density at radius 3 is 1.22 bits per heavy atom. The van der Waals surface area contributed by atoms with Crippen LogP contribution in [0, 0.1) is 23.7 Å². The van der Waals surface area contributed by atoms with Gasteiger partial charge >= 0.3 is 0 Å². The molecule has 0 heterocycles. The van der Waals surface area contributed by atoms with Crippen LogP contribution in [0.2, 0.25) is 0 Å². The SMILES string of the molecule is C(#Cc1ccccc1SC(Sc1ccccc1C#Cc1ccccc1)c1ccccc1)c1ccccc1. The van der Waals surface area contributed by atoms with Crippen molar-refractivity contribution < 1.29 is 0 Å². The van der Waals surface area contributed by atoms with Gasteiger partial charge < -0.3 is 0 Å². The van der Waals surface area contributed by atoms with Crippen LogP contribution in [0.3, 0.4) is 0 Å². The van der Waals surface area contributed by atoms with Crippen LogP contribution in [-0.4, -0.2) is 0 Å². The van der Waals surface area contributed by atoms with E-state index in [0.717, 1.165) is 22.3 Å². The zero-order valence-electron chi connectivity index (χ0n) is 20.2. The largest absolute Gasteiger partial charge is 0.105 e. The van der Waals surface area contributed by atoms with Crippen LogP contribution < -0.4 is 0 Å². The maximum atomic E-state index is 3.40. The Morgan fingerprint density at radius 1 is 0.378 bits per heavy atom. The van der Waals surface area contributed by atoms with Gasteiger partial charge in [0.15, 0.2) is 0 Å². The molecule has 0 saturated carbocycles. The van der Waals surface area contributed by atoms with E-state index in [4.69, 9.17) is 0 Å². The fraction of sp³-hybridized carbons (Fsp3) is 0.0286. The molecule has 176 valence electrons. The number of rotatable bonds is 5. The molecule has 5 aromatic carbocycles. The lowest BCUT2D eigenvalue weighted by atomic mass is 10.2. The number of hydrogen-bond donors (Lipinski definition) is 0. The number of thioether (sulfide) groups is 2. The molecule has 0 spiro atoms.